The molecule has 0 radical (unpaired) electrons. The molecule has 1 heterocycles. The first-order chi connectivity index (χ1) is 17.0. The second-order valence-electron chi connectivity index (χ2n) is 8.00. The van der Waals surface area contributed by atoms with Crippen molar-refractivity contribution < 1.29 is 24.1 Å². The number of methoxy groups -OCH3 is 2. The summed E-state index contributed by atoms with van der Waals surface area (Å²) in [6, 6.07) is 17.4. The lowest BCUT2D eigenvalue weighted by molar-refractivity contribution is 0.0206. The van der Waals surface area contributed by atoms with Crippen molar-refractivity contribution >= 4 is 0 Å². The molecular weight excluding hydrogens is 446 g/mol. The molecule has 8 nitrogen and oxygen atoms in total. The monoisotopic (exact) mass is 479 g/mol. The van der Waals surface area contributed by atoms with Crippen molar-refractivity contribution in [1.29, 1.82) is 0 Å². The highest BCUT2D eigenvalue weighted by Gasteiger charge is 2.23. The Morgan fingerprint density at radius 3 is 2.60 bits per heavy atom. The second-order valence-corrected chi connectivity index (χ2v) is 8.00. The maximum absolute atomic E-state index is 10.5. The zero-order chi connectivity index (χ0) is 25.0. The first-order valence-corrected chi connectivity index (χ1v) is 11.4. The van der Waals surface area contributed by atoms with E-state index < -0.39 is 6.10 Å². The number of aliphatic hydroxyl groups excluding tert-OH is 1. The van der Waals surface area contributed by atoms with Gasteiger partial charge in [-0.1, -0.05) is 42.3 Å². The van der Waals surface area contributed by atoms with Crippen molar-refractivity contribution in [2.75, 3.05) is 47.1 Å². The number of benzene rings is 2. The van der Waals surface area contributed by atoms with E-state index in [1.807, 2.05) is 61.6 Å². The third-order valence-corrected chi connectivity index (χ3v) is 5.35. The van der Waals surface area contributed by atoms with Crippen LogP contribution in [-0.2, 0) is 23.1 Å². The summed E-state index contributed by atoms with van der Waals surface area (Å²) in [5.41, 5.74) is 2.68. The molecule has 2 aromatic carbocycles. The largest absolute Gasteiger partial charge is 0.497 e. The van der Waals surface area contributed by atoms with Gasteiger partial charge in [-0.3, -0.25) is 4.90 Å². The Hall–Kier alpha value is -3.35. The van der Waals surface area contributed by atoms with Gasteiger partial charge in [0.2, 0.25) is 5.88 Å². The van der Waals surface area contributed by atoms with Gasteiger partial charge in [0.25, 0.3) is 0 Å². The van der Waals surface area contributed by atoms with Gasteiger partial charge in [0.05, 0.1) is 32.0 Å². The van der Waals surface area contributed by atoms with Gasteiger partial charge < -0.3 is 24.1 Å². The molecular formula is C27H33N3O5. The van der Waals surface area contributed by atoms with E-state index in [1.165, 1.54) is 0 Å². The Kier molecular flexibility index (Phi) is 10.1. The molecule has 0 bridgehead atoms. The van der Waals surface area contributed by atoms with Gasteiger partial charge in [-0.2, -0.15) is 5.10 Å². The molecule has 3 rings (SSSR count). The number of aromatic nitrogens is 2. The Morgan fingerprint density at radius 2 is 1.89 bits per heavy atom. The Bertz CT molecular complexity index is 1090. The van der Waals surface area contributed by atoms with Gasteiger partial charge in [0.1, 0.15) is 23.8 Å². The van der Waals surface area contributed by atoms with Crippen LogP contribution >= 0.6 is 0 Å². The van der Waals surface area contributed by atoms with E-state index in [-0.39, 0.29) is 13.2 Å². The average molecular weight is 480 g/mol. The van der Waals surface area contributed by atoms with Crippen LogP contribution in [0.2, 0.25) is 0 Å². The maximum Gasteiger partial charge on any atom is 0.222 e. The van der Waals surface area contributed by atoms with Crippen molar-refractivity contribution in [3.63, 3.8) is 0 Å². The van der Waals surface area contributed by atoms with Crippen LogP contribution in [0, 0.1) is 12.3 Å². The van der Waals surface area contributed by atoms with Crippen molar-refractivity contribution in [3.8, 4) is 41.0 Å². The van der Waals surface area contributed by atoms with E-state index in [1.54, 1.807) is 18.9 Å². The lowest BCUT2D eigenvalue weighted by Gasteiger charge is -2.25. The minimum Gasteiger partial charge on any atom is -0.497 e. The molecule has 3 aromatic rings. The smallest absolute Gasteiger partial charge is 0.222 e. The molecule has 1 N–H and O–H groups in total. The van der Waals surface area contributed by atoms with Gasteiger partial charge in [-0.15, -0.1) is 6.42 Å². The molecule has 0 saturated heterocycles. The van der Waals surface area contributed by atoms with E-state index in [4.69, 9.17) is 30.5 Å². The molecule has 0 spiro atoms. The predicted molar refractivity (Wildman–Crippen MR) is 135 cm³/mol. The third kappa shape index (κ3) is 7.57. The van der Waals surface area contributed by atoms with Crippen LogP contribution in [0.4, 0.5) is 0 Å². The number of terminal acetylenes is 1. The lowest BCUT2D eigenvalue weighted by atomic mass is 10.1. The molecule has 0 aliphatic rings. The SMILES string of the molecule is C#CCOC[C@H](O)CN(CCOC)Cc1c(-c2ccccc2)nn(C)c1Oc1cccc(OC)c1. The minimum absolute atomic E-state index is 0.152. The Labute approximate surface area is 207 Å². The fourth-order valence-corrected chi connectivity index (χ4v) is 3.71. The van der Waals surface area contributed by atoms with Crippen LogP contribution in [0.3, 0.4) is 0 Å². The number of nitrogens with zero attached hydrogens (tertiary/aromatic N) is 3. The molecule has 0 fully saturated rings. The number of hydrogen-bond donors (Lipinski definition) is 1. The fraction of sp³-hybridized carbons (Fsp3) is 0.370. The molecule has 0 aliphatic carbocycles. The third-order valence-electron chi connectivity index (χ3n) is 5.35. The first kappa shape index (κ1) is 26.3. The minimum atomic E-state index is -0.709. The van der Waals surface area contributed by atoms with Gasteiger partial charge >= 0.3 is 0 Å². The number of rotatable bonds is 14. The summed E-state index contributed by atoms with van der Waals surface area (Å²) >= 11 is 0. The Balaban J connectivity index is 1.94. The van der Waals surface area contributed by atoms with Crippen molar-refractivity contribution in [2.45, 2.75) is 12.6 Å². The maximum atomic E-state index is 10.5. The molecule has 0 unspecified atom stereocenters. The van der Waals surface area contributed by atoms with Crippen LogP contribution in [0.15, 0.2) is 54.6 Å². The van der Waals surface area contributed by atoms with Crippen LogP contribution in [0.25, 0.3) is 11.3 Å². The van der Waals surface area contributed by atoms with Crippen molar-refractivity contribution in [1.82, 2.24) is 14.7 Å². The lowest BCUT2D eigenvalue weighted by Crippen LogP contribution is -2.36. The summed E-state index contributed by atoms with van der Waals surface area (Å²) in [7, 11) is 5.13. The molecule has 0 amide bonds. The molecule has 0 saturated carbocycles. The highest BCUT2D eigenvalue weighted by atomic mass is 16.5. The molecule has 186 valence electrons. The normalized spacial score (nSPS) is 11.9. The van der Waals surface area contributed by atoms with E-state index in [2.05, 4.69) is 10.8 Å². The van der Waals surface area contributed by atoms with Gasteiger partial charge in [-0.05, 0) is 12.1 Å². The topological polar surface area (TPSA) is 78.2 Å². The van der Waals surface area contributed by atoms with Crippen LogP contribution < -0.4 is 9.47 Å². The average Bonchev–Trinajstić information content (AvgIpc) is 3.18. The second kappa shape index (κ2) is 13.5. The number of hydrogen-bond acceptors (Lipinski definition) is 7. The predicted octanol–water partition coefficient (Wildman–Crippen LogP) is 3.35. The standard InChI is InChI=1S/C27H33N3O5/c1-5-15-34-20-22(31)18-30(14-16-32-3)19-25-26(21-10-7-6-8-11-21)28-29(2)27(25)35-24-13-9-12-23(17-24)33-4/h1,6-13,17,22,31H,14-16,18-20H2,2-4H3/t22-/m1/s1. The highest BCUT2D eigenvalue weighted by molar-refractivity contribution is 5.65. The highest BCUT2D eigenvalue weighted by Crippen LogP contribution is 2.35. The van der Waals surface area contributed by atoms with E-state index in [0.29, 0.717) is 43.6 Å². The fourth-order valence-electron chi connectivity index (χ4n) is 3.71. The van der Waals surface area contributed by atoms with Crippen LogP contribution in [0.5, 0.6) is 17.4 Å². The van der Waals surface area contributed by atoms with Crippen molar-refractivity contribution in [2.24, 2.45) is 7.05 Å². The summed E-state index contributed by atoms with van der Waals surface area (Å²) < 4.78 is 24.0. The molecule has 0 aliphatic heterocycles. The summed E-state index contributed by atoms with van der Waals surface area (Å²) in [6.07, 6.45) is 4.53. The van der Waals surface area contributed by atoms with E-state index in [0.717, 1.165) is 16.8 Å². The van der Waals surface area contributed by atoms with Gasteiger partial charge in [-0.25, -0.2) is 4.68 Å². The number of aliphatic hydroxyl groups is 1. The zero-order valence-corrected chi connectivity index (χ0v) is 20.5. The molecule has 1 aromatic heterocycles. The molecule has 8 heteroatoms. The number of ether oxygens (including phenoxy) is 4. The van der Waals surface area contributed by atoms with E-state index >= 15 is 0 Å². The van der Waals surface area contributed by atoms with Crippen LogP contribution in [0.1, 0.15) is 5.56 Å². The summed E-state index contributed by atoms with van der Waals surface area (Å²) in [5, 5.41) is 15.3. The van der Waals surface area contributed by atoms with Gasteiger partial charge in [0, 0.05) is 45.4 Å². The molecule has 35 heavy (non-hydrogen) atoms. The summed E-state index contributed by atoms with van der Waals surface area (Å²) in [5.74, 6) is 4.36. The zero-order valence-electron chi connectivity index (χ0n) is 20.5. The van der Waals surface area contributed by atoms with Crippen LogP contribution in [-0.4, -0.2) is 73.0 Å². The molecule has 1 atom stereocenters. The first-order valence-electron chi connectivity index (χ1n) is 11.4. The van der Waals surface area contributed by atoms with Crippen molar-refractivity contribution in [3.05, 3.63) is 60.2 Å². The summed E-state index contributed by atoms with van der Waals surface area (Å²) in [4.78, 5) is 2.09. The summed E-state index contributed by atoms with van der Waals surface area (Å²) in [6.45, 7) is 2.27. The Morgan fingerprint density at radius 1 is 1.11 bits per heavy atom. The van der Waals surface area contributed by atoms with E-state index in [9.17, 15) is 5.11 Å². The quantitative estimate of drug-likeness (QED) is 0.281. The van der Waals surface area contributed by atoms with Gasteiger partial charge in [0.15, 0.2) is 0 Å². The number of aryl methyl sites for hydroxylation is 1.